The molecule has 0 bridgehead atoms. The molecule has 0 amide bonds. The molecular weight excluding hydrogens is 235 g/mol. The van der Waals surface area contributed by atoms with Crippen molar-refractivity contribution >= 4 is 0 Å². The lowest BCUT2D eigenvalue weighted by molar-refractivity contribution is -0.141. The second kappa shape index (κ2) is 5.50. The van der Waals surface area contributed by atoms with Gasteiger partial charge in [-0.15, -0.1) is 0 Å². The van der Waals surface area contributed by atoms with Gasteiger partial charge in [0.1, 0.15) is 0 Å². The highest BCUT2D eigenvalue weighted by atomic mass is 19.4. The highest BCUT2D eigenvalue weighted by Crippen LogP contribution is 2.27. The van der Waals surface area contributed by atoms with Crippen LogP contribution in [0, 0.1) is 0 Å². The van der Waals surface area contributed by atoms with E-state index in [-0.39, 0.29) is 12.6 Å². The number of aliphatic hydroxyl groups excluding tert-OH is 1. The molecule has 1 atom stereocenters. The maximum atomic E-state index is 12.2. The molecule has 0 aliphatic carbocycles. The Hall–Kier alpha value is -1.08. The molecule has 0 saturated carbocycles. The van der Waals surface area contributed by atoms with E-state index >= 15 is 0 Å². The lowest BCUT2D eigenvalue weighted by atomic mass is 10.3. The van der Waals surface area contributed by atoms with Gasteiger partial charge in [0, 0.05) is 18.8 Å². The predicted molar refractivity (Wildman–Crippen MR) is 56.4 cm³/mol. The number of alkyl halides is 3. The summed E-state index contributed by atoms with van der Waals surface area (Å²) < 4.78 is 37.8. The highest BCUT2D eigenvalue weighted by molar-refractivity contribution is 5.03. The SMILES string of the molecule is CC(C)NCC(O)Cn1ccc(C(F)(F)F)n1. The minimum atomic E-state index is -4.44. The molecule has 0 aliphatic rings. The van der Waals surface area contributed by atoms with Gasteiger partial charge in [-0.1, -0.05) is 13.8 Å². The van der Waals surface area contributed by atoms with E-state index in [0.717, 1.165) is 10.7 Å². The van der Waals surface area contributed by atoms with E-state index in [1.54, 1.807) is 0 Å². The summed E-state index contributed by atoms with van der Waals surface area (Å²) in [7, 11) is 0. The van der Waals surface area contributed by atoms with E-state index in [0.29, 0.717) is 6.54 Å². The Morgan fingerprint density at radius 2 is 2.12 bits per heavy atom. The van der Waals surface area contributed by atoms with Crippen molar-refractivity contribution in [2.75, 3.05) is 6.54 Å². The molecule has 0 saturated heterocycles. The molecule has 0 aliphatic heterocycles. The number of nitrogens with zero attached hydrogens (tertiary/aromatic N) is 2. The Balaban J connectivity index is 2.49. The van der Waals surface area contributed by atoms with E-state index in [9.17, 15) is 18.3 Å². The molecule has 17 heavy (non-hydrogen) atoms. The van der Waals surface area contributed by atoms with Gasteiger partial charge in [0.2, 0.25) is 0 Å². The molecule has 0 fully saturated rings. The second-order valence-electron chi connectivity index (χ2n) is 4.14. The molecule has 1 aromatic heterocycles. The maximum absolute atomic E-state index is 12.2. The second-order valence-corrected chi connectivity index (χ2v) is 4.14. The van der Waals surface area contributed by atoms with Crippen LogP contribution in [0.2, 0.25) is 0 Å². The third kappa shape index (κ3) is 4.74. The summed E-state index contributed by atoms with van der Waals surface area (Å²) in [6.45, 7) is 4.19. The lowest BCUT2D eigenvalue weighted by Crippen LogP contribution is -2.34. The Morgan fingerprint density at radius 3 is 2.59 bits per heavy atom. The Bertz CT molecular complexity index is 349. The average Bonchev–Trinajstić information content (AvgIpc) is 2.62. The lowest BCUT2D eigenvalue weighted by Gasteiger charge is -2.14. The van der Waals surface area contributed by atoms with E-state index < -0.39 is 18.0 Å². The van der Waals surface area contributed by atoms with Crippen LogP contribution in [0.5, 0.6) is 0 Å². The van der Waals surface area contributed by atoms with Crippen molar-refractivity contribution in [2.45, 2.75) is 38.7 Å². The van der Waals surface area contributed by atoms with Crippen LogP contribution >= 0.6 is 0 Å². The number of rotatable bonds is 5. The van der Waals surface area contributed by atoms with Crippen molar-refractivity contribution in [1.82, 2.24) is 15.1 Å². The average molecular weight is 251 g/mol. The smallest absolute Gasteiger partial charge is 0.390 e. The van der Waals surface area contributed by atoms with Crippen molar-refractivity contribution in [1.29, 1.82) is 0 Å². The molecule has 4 nitrogen and oxygen atoms in total. The first-order valence-electron chi connectivity index (χ1n) is 5.31. The van der Waals surface area contributed by atoms with Crippen molar-refractivity contribution in [3.05, 3.63) is 18.0 Å². The molecule has 1 unspecified atom stereocenters. The minimum Gasteiger partial charge on any atom is -0.390 e. The monoisotopic (exact) mass is 251 g/mol. The van der Waals surface area contributed by atoms with Crippen LogP contribution in [0.1, 0.15) is 19.5 Å². The zero-order valence-electron chi connectivity index (χ0n) is 9.70. The van der Waals surface area contributed by atoms with Crippen LogP contribution in [0.3, 0.4) is 0 Å². The summed E-state index contributed by atoms with van der Waals surface area (Å²) >= 11 is 0. The van der Waals surface area contributed by atoms with Gasteiger partial charge in [-0.05, 0) is 6.07 Å². The summed E-state index contributed by atoms with van der Waals surface area (Å²) in [6.07, 6.45) is -3.99. The van der Waals surface area contributed by atoms with Crippen molar-refractivity contribution in [3.63, 3.8) is 0 Å². The van der Waals surface area contributed by atoms with Crippen LogP contribution in [0.15, 0.2) is 12.3 Å². The van der Waals surface area contributed by atoms with Crippen LogP contribution in [0.4, 0.5) is 13.2 Å². The summed E-state index contributed by atoms with van der Waals surface area (Å²) in [6, 6.07) is 1.11. The van der Waals surface area contributed by atoms with Gasteiger partial charge in [-0.3, -0.25) is 4.68 Å². The van der Waals surface area contributed by atoms with Crippen LogP contribution < -0.4 is 5.32 Å². The first kappa shape index (κ1) is 14.0. The van der Waals surface area contributed by atoms with Gasteiger partial charge in [0.25, 0.3) is 0 Å². The first-order valence-corrected chi connectivity index (χ1v) is 5.31. The van der Waals surface area contributed by atoms with E-state index in [1.165, 1.54) is 6.20 Å². The van der Waals surface area contributed by atoms with Gasteiger partial charge in [-0.25, -0.2) is 0 Å². The van der Waals surface area contributed by atoms with Gasteiger partial charge in [-0.2, -0.15) is 18.3 Å². The molecule has 0 radical (unpaired) electrons. The molecule has 0 spiro atoms. The normalized spacial score (nSPS) is 14.3. The molecule has 1 aromatic rings. The molecule has 0 aromatic carbocycles. The van der Waals surface area contributed by atoms with Crippen LogP contribution in [0.25, 0.3) is 0 Å². The molecule has 98 valence electrons. The van der Waals surface area contributed by atoms with Gasteiger partial charge < -0.3 is 10.4 Å². The van der Waals surface area contributed by atoms with Crippen LogP contribution in [-0.4, -0.2) is 33.6 Å². The van der Waals surface area contributed by atoms with Gasteiger partial charge in [0.05, 0.1) is 12.6 Å². The van der Waals surface area contributed by atoms with Crippen molar-refractivity contribution in [2.24, 2.45) is 0 Å². The molecule has 1 heterocycles. The highest BCUT2D eigenvalue weighted by Gasteiger charge is 2.33. The number of aromatic nitrogens is 2. The number of nitrogens with one attached hydrogen (secondary N) is 1. The Labute approximate surface area is 97.4 Å². The number of hydrogen-bond acceptors (Lipinski definition) is 3. The van der Waals surface area contributed by atoms with E-state index in [2.05, 4.69) is 10.4 Å². The summed E-state index contributed by atoms with van der Waals surface area (Å²) in [5, 5.41) is 15.9. The fourth-order valence-electron chi connectivity index (χ4n) is 1.27. The topological polar surface area (TPSA) is 50.1 Å². The number of halogens is 3. The molecule has 7 heteroatoms. The standard InChI is InChI=1S/C10H16F3N3O/c1-7(2)14-5-8(17)6-16-4-3-9(15-16)10(11,12)13/h3-4,7-8,14,17H,5-6H2,1-2H3. The van der Waals surface area contributed by atoms with E-state index in [4.69, 9.17) is 0 Å². The fraction of sp³-hybridized carbons (Fsp3) is 0.700. The molecule has 1 rings (SSSR count). The first-order chi connectivity index (χ1) is 7.79. The largest absolute Gasteiger partial charge is 0.435 e. The quantitative estimate of drug-likeness (QED) is 0.828. The van der Waals surface area contributed by atoms with Gasteiger partial charge >= 0.3 is 6.18 Å². The van der Waals surface area contributed by atoms with Crippen molar-refractivity contribution < 1.29 is 18.3 Å². The third-order valence-corrected chi connectivity index (χ3v) is 2.09. The number of aliphatic hydroxyl groups is 1. The van der Waals surface area contributed by atoms with Crippen molar-refractivity contribution in [3.8, 4) is 0 Å². The summed E-state index contributed by atoms with van der Waals surface area (Å²) in [5.74, 6) is 0. The summed E-state index contributed by atoms with van der Waals surface area (Å²) in [4.78, 5) is 0. The Kier molecular flexibility index (Phi) is 4.53. The zero-order chi connectivity index (χ0) is 13.1. The zero-order valence-corrected chi connectivity index (χ0v) is 9.70. The van der Waals surface area contributed by atoms with E-state index in [1.807, 2.05) is 13.8 Å². The molecular formula is C10H16F3N3O. The predicted octanol–water partition coefficient (Wildman–Crippen LogP) is 1.26. The maximum Gasteiger partial charge on any atom is 0.435 e. The van der Waals surface area contributed by atoms with Crippen LogP contribution in [-0.2, 0) is 12.7 Å². The Morgan fingerprint density at radius 1 is 1.47 bits per heavy atom. The van der Waals surface area contributed by atoms with Gasteiger partial charge in [0.15, 0.2) is 5.69 Å². The summed E-state index contributed by atoms with van der Waals surface area (Å²) in [5.41, 5.74) is -0.943. The fourth-order valence-corrected chi connectivity index (χ4v) is 1.27. The molecule has 2 N–H and O–H groups in total. The number of hydrogen-bond donors (Lipinski definition) is 2. The third-order valence-electron chi connectivity index (χ3n) is 2.09. The minimum absolute atomic E-state index is 0.0375.